The van der Waals surface area contributed by atoms with E-state index >= 15 is 0 Å². The Labute approximate surface area is 207 Å². The van der Waals surface area contributed by atoms with Gasteiger partial charge >= 0.3 is 0 Å². The van der Waals surface area contributed by atoms with E-state index in [-0.39, 0.29) is 0 Å². The molecule has 5 rings (SSSR count). The summed E-state index contributed by atoms with van der Waals surface area (Å²) in [4.78, 5) is 5.52. The largest absolute Gasteiger partial charge is 0.316 e. The predicted molar refractivity (Wildman–Crippen MR) is 150 cm³/mol. The lowest BCUT2D eigenvalue weighted by Crippen LogP contribution is -2.40. The van der Waals surface area contributed by atoms with Crippen LogP contribution in [0.4, 0.5) is 0 Å². The van der Waals surface area contributed by atoms with Gasteiger partial charge in [-0.1, -0.05) is 84.9 Å². The number of rotatable bonds is 7. The van der Waals surface area contributed by atoms with Crippen molar-refractivity contribution in [2.24, 2.45) is 0 Å². The third-order valence-corrected chi connectivity index (χ3v) is 11.3. The first-order valence-electron chi connectivity index (χ1n) is 11.6. The van der Waals surface area contributed by atoms with Crippen molar-refractivity contribution in [2.75, 3.05) is 6.26 Å². The summed E-state index contributed by atoms with van der Waals surface area (Å²) in [6.07, 6.45) is 2.18. The maximum Gasteiger partial charge on any atom is 0.230 e. The van der Waals surface area contributed by atoms with Gasteiger partial charge in [0, 0.05) is 12.1 Å². The standard InChI is InChI=1S/C30H28N2PS/c1-3-32-28(24-16-8-4-9-17-24)31-29(30(32)34-2)33(25-18-10-5-11-19-25,26-20-12-6-13-21-26)27-22-14-7-15-23-27/h4-23H,3H2,1-2H3/q+1. The monoisotopic (exact) mass is 479 g/mol. The fraction of sp³-hybridized carbons (Fsp3) is 0.100. The highest BCUT2D eigenvalue weighted by molar-refractivity contribution is 8.04. The molecule has 0 radical (unpaired) electrons. The van der Waals surface area contributed by atoms with E-state index in [2.05, 4.69) is 139 Å². The molecule has 168 valence electrons. The molecule has 0 aliphatic carbocycles. The highest BCUT2D eigenvalue weighted by atomic mass is 32.2. The normalized spacial score (nSPS) is 11.5. The number of hydrogen-bond donors (Lipinski definition) is 0. The number of benzene rings is 4. The van der Waals surface area contributed by atoms with Gasteiger partial charge in [-0.05, 0) is 49.6 Å². The molecular weight excluding hydrogens is 451 g/mol. The molecule has 0 saturated carbocycles. The second kappa shape index (κ2) is 10.0. The molecule has 0 atom stereocenters. The van der Waals surface area contributed by atoms with Crippen molar-refractivity contribution in [1.29, 1.82) is 0 Å². The predicted octanol–water partition coefficient (Wildman–Crippen LogP) is 5.91. The van der Waals surface area contributed by atoms with E-state index in [0.29, 0.717) is 0 Å². The summed E-state index contributed by atoms with van der Waals surface area (Å²) < 4.78 is 2.39. The molecule has 4 heteroatoms. The minimum absolute atomic E-state index is 0.867. The minimum atomic E-state index is -2.25. The van der Waals surface area contributed by atoms with E-state index < -0.39 is 7.26 Å². The number of imidazole rings is 1. The van der Waals surface area contributed by atoms with Gasteiger partial charge in [0.25, 0.3) is 0 Å². The molecule has 1 aromatic heterocycles. The third-order valence-electron chi connectivity index (χ3n) is 6.19. The van der Waals surface area contributed by atoms with Gasteiger partial charge in [0.2, 0.25) is 5.44 Å². The van der Waals surface area contributed by atoms with E-state index in [1.165, 1.54) is 26.4 Å². The van der Waals surface area contributed by atoms with Crippen molar-refractivity contribution in [3.8, 4) is 11.4 Å². The van der Waals surface area contributed by atoms with Gasteiger partial charge < -0.3 is 4.57 Å². The van der Waals surface area contributed by atoms with Gasteiger partial charge in [0.05, 0.1) is 0 Å². The first-order chi connectivity index (χ1) is 16.8. The molecular formula is C30H28N2PS+. The van der Waals surface area contributed by atoms with Crippen LogP contribution in [0.5, 0.6) is 0 Å². The Kier molecular flexibility index (Phi) is 6.67. The van der Waals surface area contributed by atoms with Gasteiger partial charge in [0.1, 0.15) is 26.8 Å². The maximum absolute atomic E-state index is 5.52. The van der Waals surface area contributed by atoms with Crippen LogP contribution in [0.25, 0.3) is 11.4 Å². The lowest BCUT2D eigenvalue weighted by molar-refractivity contribution is 0.711. The first kappa shape index (κ1) is 22.7. The lowest BCUT2D eigenvalue weighted by atomic mass is 10.2. The summed E-state index contributed by atoms with van der Waals surface area (Å²) in [6.45, 7) is 3.08. The molecule has 0 aliphatic rings. The molecule has 2 nitrogen and oxygen atoms in total. The average molecular weight is 480 g/mol. The SMILES string of the molecule is CCn1c(-c2ccccc2)nc([P+](c2ccccc2)(c2ccccc2)c2ccccc2)c1SC. The Hall–Kier alpha value is -3.13. The number of nitrogens with zero attached hydrogens (tertiary/aromatic N) is 2. The first-order valence-corrected chi connectivity index (χ1v) is 14.6. The zero-order chi connectivity index (χ0) is 23.4. The van der Waals surface area contributed by atoms with Crippen LogP contribution >= 0.6 is 19.0 Å². The fourth-order valence-corrected chi connectivity index (χ4v) is 10.2. The number of thioether (sulfide) groups is 1. The van der Waals surface area contributed by atoms with E-state index in [0.717, 1.165) is 17.9 Å². The second-order valence-electron chi connectivity index (χ2n) is 8.06. The lowest BCUT2D eigenvalue weighted by Gasteiger charge is -2.26. The van der Waals surface area contributed by atoms with Crippen LogP contribution < -0.4 is 21.3 Å². The van der Waals surface area contributed by atoms with Crippen molar-refractivity contribution in [3.05, 3.63) is 121 Å². The van der Waals surface area contributed by atoms with Crippen molar-refractivity contribution < 1.29 is 0 Å². The molecule has 5 aromatic rings. The Morgan fingerprint density at radius 2 is 1.06 bits per heavy atom. The smallest absolute Gasteiger partial charge is 0.230 e. The maximum atomic E-state index is 5.52. The average Bonchev–Trinajstić information content (AvgIpc) is 3.30. The Balaban J connectivity index is 1.94. The van der Waals surface area contributed by atoms with Crippen molar-refractivity contribution in [2.45, 2.75) is 18.5 Å². The van der Waals surface area contributed by atoms with Crippen LogP contribution in [0.2, 0.25) is 0 Å². The quantitative estimate of drug-likeness (QED) is 0.213. The van der Waals surface area contributed by atoms with Gasteiger partial charge in [0.15, 0.2) is 7.26 Å². The second-order valence-corrected chi connectivity index (χ2v) is 12.2. The van der Waals surface area contributed by atoms with Crippen molar-refractivity contribution in [3.63, 3.8) is 0 Å². The van der Waals surface area contributed by atoms with Crippen LogP contribution in [-0.4, -0.2) is 15.8 Å². The summed E-state index contributed by atoms with van der Waals surface area (Å²) in [6, 6.07) is 43.5. The molecule has 0 unspecified atom stereocenters. The van der Waals surface area contributed by atoms with Gasteiger partial charge in [-0.25, -0.2) is 0 Å². The Morgan fingerprint density at radius 3 is 1.44 bits per heavy atom. The Morgan fingerprint density at radius 1 is 0.647 bits per heavy atom. The highest BCUT2D eigenvalue weighted by Gasteiger charge is 2.52. The summed E-state index contributed by atoms with van der Waals surface area (Å²) in [5, 5.41) is 5.21. The summed E-state index contributed by atoms with van der Waals surface area (Å²) in [7, 11) is -2.25. The summed E-state index contributed by atoms with van der Waals surface area (Å²) in [5.41, 5.74) is 2.34. The molecule has 4 aromatic carbocycles. The van der Waals surface area contributed by atoms with Gasteiger partial charge in [-0.15, -0.1) is 11.8 Å². The Bertz CT molecular complexity index is 1250. The molecule has 0 N–H and O–H groups in total. The zero-order valence-electron chi connectivity index (χ0n) is 19.5. The molecule has 0 saturated heterocycles. The molecule has 34 heavy (non-hydrogen) atoms. The van der Waals surface area contributed by atoms with E-state index in [4.69, 9.17) is 4.98 Å². The number of hydrogen-bond acceptors (Lipinski definition) is 2. The van der Waals surface area contributed by atoms with Crippen LogP contribution in [0.15, 0.2) is 126 Å². The zero-order valence-corrected chi connectivity index (χ0v) is 21.2. The highest BCUT2D eigenvalue weighted by Crippen LogP contribution is 2.55. The third kappa shape index (κ3) is 3.79. The molecule has 1 heterocycles. The van der Waals surface area contributed by atoms with E-state index in [1.807, 2.05) is 0 Å². The summed E-state index contributed by atoms with van der Waals surface area (Å²) >= 11 is 1.80. The van der Waals surface area contributed by atoms with Crippen LogP contribution in [0, 0.1) is 0 Å². The van der Waals surface area contributed by atoms with Crippen molar-refractivity contribution >= 4 is 40.4 Å². The van der Waals surface area contributed by atoms with E-state index in [1.54, 1.807) is 11.8 Å². The van der Waals surface area contributed by atoms with Gasteiger partial charge in [-0.3, -0.25) is 0 Å². The molecule has 0 spiro atoms. The topological polar surface area (TPSA) is 17.8 Å². The van der Waals surface area contributed by atoms with Crippen LogP contribution in [0.1, 0.15) is 6.92 Å². The molecule has 0 fully saturated rings. The fourth-order valence-electron chi connectivity index (χ4n) is 4.72. The number of aromatic nitrogens is 2. The van der Waals surface area contributed by atoms with E-state index in [9.17, 15) is 0 Å². The molecule has 0 aliphatic heterocycles. The van der Waals surface area contributed by atoms with Crippen molar-refractivity contribution in [1.82, 2.24) is 9.55 Å². The van der Waals surface area contributed by atoms with Gasteiger partial charge in [-0.2, -0.15) is 4.98 Å². The van der Waals surface area contributed by atoms with Crippen LogP contribution in [0.3, 0.4) is 0 Å². The van der Waals surface area contributed by atoms with Crippen LogP contribution in [-0.2, 0) is 6.54 Å². The summed E-state index contributed by atoms with van der Waals surface area (Å²) in [5.74, 6) is 1.04. The minimum Gasteiger partial charge on any atom is -0.316 e. The molecule has 0 amide bonds. The molecule has 0 bridgehead atoms.